The van der Waals surface area contributed by atoms with Gasteiger partial charge in [-0.25, -0.2) is 17.5 Å². The molecule has 0 N–H and O–H groups in total. The summed E-state index contributed by atoms with van der Waals surface area (Å²) in [6.45, 7) is 1.12. The Morgan fingerprint density at radius 2 is 1.69 bits per heavy atom. The number of nitrogens with zero attached hydrogens (tertiary/aromatic N) is 5. The average Bonchev–Trinajstić information content (AvgIpc) is 3.27. The van der Waals surface area contributed by atoms with Crippen LogP contribution in [0.2, 0.25) is 0 Å². The number of ether oxygens (including phenoxy) is 2. The molecule has 1 atom stereocenters. The second kappa shape index (κ2) is 11.1. The molecule has 36 heavy (non-hydrogen) atoms. The van der Waals surface area contributed by atoms with Crippen molar-refractivity contribution in [2.75, 3.05) is 33.1 Å². The summed E-state index contributed by atoms with van der Waals surface area (Å²) in [5.41, 5.74) is 2.17. The van der Waals surface area contributed by atoms with Crippen molar-refractivity contribution in [2.45, 2.75) is 25.7 Å². The first-order chi connectivity index (χ1) is 17.3. The number of benzene rings is 2. The van der Waals surface area contributed by atoms with Gasteiger partial charge in [0.2, 0.25) is 10.0 Å². The van der Waals surface area contributed by atoms with E-state index in [2.05, 4.69) is 10.3 Å². The third kappa shape index (κ3) is 6.25. The summed E-state index contributed by atoms with van der Waals surface area (Å²) in [4.78, 5) is 14.6. The first-order valence-corrected chi connectivity index (χ1v) is 12.9. The van der Waals surface area contributed by atoms with Gasteiger partial charge in [-0.2, -0.15) is 4.31 Å². The quantitative estimate of drug-likeness (QED) is 0.416. The SMILES string of the molecule is COC(=O)C1CN(Cc2ccc(OC)cc2)CCS(=O)(=O)N1Cc1cn(Cc2ccc(F)cc2)nn1. The Kier molecular flexibility index (Phi) is 7.97. The van der Waals surface area contributed by atoms with Crippen molar-refractivity contribution in [3.63, 3.8) is 0 Å². The van der Waals surface area contributed by atoms with Gasteiger partial charge >= 0.3 is 5.97 Å². The summed E-state index contributed by atoms with van der Waals surface area (Å²) >= 11 is 0. The fourth-order valence-electron chi connectivity index (χ4n) is 4.08. The highest BCUT2D eigenvalue weighted by Crippen LogP contribution is 2.21. The lowest BCUT2D eigenvalue weighted by molar-refractivity contribution is -0.145. The summed E-state index contributed by atoms with van der Waals surface area (Å²) in [6.07, 6.45) is 1.62. The average molecular weight is 518 g/mol. The Morgan fingerprint density at radius 1 is 1.03 bits per heavy atom. The zero-order chi connectivity index (χ0) is 25.7. The van der Waals surface area contributed by atoms with Crippen LogP contribution < -0.4 is 4.74 Å². The molecule has 2 heterocycles. The first kappa shape index (κ1) is 25.7. The lowest BCUT2D eigenvalue weighted by atomic mass is 10.2. The fourth-order valence-corrected chi connectivity index (χ4v) is 5.67. The Bertz CT molecular complexity index is 1280. The number of carbonyl (C=O) groups excluding carboxylic acids is 1. The normalized spacial score (nSPS) is 18.5. The maximum absolute atomic E-state index is 13.2. The minimum absolute atomic E-state index is 0.123. The van der Waals surface area contributed by atoms with Crippen molar-refractivity contribution in [3.05, 3.63) is 77.4 Å². The molecular formula is C24H28FN5O5S. The number of hydrogen-bond donors (Lipinski definition) is 0. The van der Waals surface area contributed by atoms with E-state index in [0.717, 1.165) is 21.2 Å². The van der Waals surface area contributed by atoms with E-state index in [4.69, 9.17) is 9.47 Å². The van der Waals surface area contributed by atoms with Gasteiger partial charge in [0.15, 0.2) is 0 Å². The highest BCUT2D eigenvalue weighted by atomic mass is 32.2. The second-order valence-corrected chi connectivity index (χ2v) is 10.6. The first-order valence-electron chi connectivity index (χ1n) is 11.3. The molecule has 1 saturated heterocycles. The molecule has 0 saturated carbocycles. The minimum Gasteiger partial charge on any atom is -0.497 e. The van der Waals surface area contributed by atoms with Gasteiger partial charge < -0.3 is 9.47 Å². The molecule has 0 radical (unpaired) electrons. The van der Waals surface area contributed by atoms with Crippen LogP contribution in [-0.4, -0.2) is 77.7 Å². The predicted molar refractivity (Wildman–Crippen MR) is 129 cm³/mol. The van der Waals surface area contributed by atoms with E-state index in [0.29, 0.717) is 18.8 Å². The van der Waals surface area contributed by atoms with E-state index in [9.17, 15) is 17.6 Å². The van der Waals surface area contributed by atoms with Crippen LogP contribution in [0.5, 0.6) is 5.75 Å². The van der Waals surface area contributed by atoms with Crippen molar-refractivity contribution in [1.29, 1.82) is 0 Å². The number of methoxy groups -OCH3 is 2. The highest BCUT2D eigenvalue weighted by Gasteiger charge is 2.40. The molecule has 1 unspecified atom stereocenters. The molecule has 1 aliphatic rings. The van der Waals surface area contributed by atoms with Gasteiger partial charge in [0.05, 0.1) is 45.0 Å². The molecule has 0 bridgehead atoms. The minimum atomic E-state index is -3.80. The Hall–Kier alpha value is -3.35. The van der Waals surface area contributed by atoms with Crippen molar-refractivity contribution in [1.82, 2.24) is 24.2 Å². The summed E-state index contributed by atoms with van der Waals surface area (Å²) in [5.74, 6) is -0.401. The summed E-state index contributed by atoms with van der Waals surface area (Å²) in [5, 5.41) is 8.16. The van der Waals surface area contributed by atoms with Crippen LogP contribution in [0.15, 0.2) is 54.7 Å². The highest BCUT2D eigenvalue weighted by molar-refractivity contribution is 7.89. The molecule has 0 aliphatic carbocycles. The van der Waals surface area contributed by atoms with Gasteiger partial charge in [0, 0.05) is 19.6 Å². The number of sulfonamides is 1. The number of hydrogen-bond acceptors (Lipinski definition) is 8. The number of rotatable bonds is 8. The molecule has 0 amide bonds. The molecule has 192 valence electrons. The summed E-state index contributed by atoms with van der Waals surface area (Å²) < 4.78 is 52.5. The van der Waals surface area contributed by atoms with Crippen molar-refractivity contribution in [2.24, 2.45) is 0 Å². The number of aromatic nitrogens is 3. The topological polar surface area (TPSA) is 107 Å². The molecule has 2 aromatic carbocycles. The third-order valence-electron chi connectivity index (χ3n) is 6.00. The standard InChI is InChI=1S/C24H28FN5O5S/c1-34-22-9-5-18(6-10-22)13-28-11-12-36(32,33)30(23(17-28)24(31)35-2)16-21-15-29(27-26-21)14-19-3-7-20(25)8-4-19/h3-10,15,23H,11-14,16-17H2,1-2H3. The summed E-state index contributed by atoms with van der Waals surface area (Å²) in [7, 11) is -0.971. The van der Waals surface area contributed by atoms with Crippen molar-refractivity contribution < 1.29 is 27.1 Å². The third-order valence-corrected chi connectivity index (χ3v) is 7.80. The van der Waals surface area contributed by atoms with Crippen molar-refractivity contribution in [3.8, 4) is 5.75 Å². The molecule has 1 aliphatic heterocycles. The van der Waals surface area contributed by atoms with Crippen LogP contribution in [-0.2, 0) is 39.2 Å². The number of carbonyl (C=O) groups is 1. The fraction of sp³-hybridized carbons (Fsp3) is 0.375. The number of esters is 1. The van der Waals surface area contributed by atoms with E-state index < -0.39 is 22.0 Å². The van der Waals surface area contributed by atoms with Crippen molar-refractivity contribution >= 4 is 16.0 Å². The van der Waals surface area contributed by atoms with Gasteiger partial charge in [-0.15, -0.1) is 5.10 Å². The van der Waals surface area contributed by atoms with Crippen LogP contribution in [0.1, 0.15) is 16.8 Å². The van der Waals surface area contributed by atoms with E-state index in [-0.39, 0.29) is 31.2 Å². The Labute approximate surface area is 209 Å². The van der Waals surface area contributed by atoms with Gasteiger partial charge in [-0.3, -0.25) is 9.69 Å². The summed E-state index contributed by atoms with van der Waals surface area (Å²) in [6, 6.07) is 12.4. The molecule has 12 heteroatoms. The Morgan fingerprint density at radius 3 is 2.36 bits per heavy atom. The van der Waals surface area contributed by atoms with Crippen LogP contribution >= 0.6 is 0 Å². The van der Waals surface area contributed by atoms with Crippen LogP contribution in [0.4, 0.5) is 4.39 Å². The van der Waals surface area contributed by atoms with Crippen LogP contribution in [0, 0.1) is 5.82 Å². The van der Waals surface area contributed by atoms with Crippen LogP contribution in [0.3, 0.4) is 0 Å². The largest absolute Gasteiger partial charge is 0.497 e. The van der Waals surface area contributed by atoms with E-state index >= 15 is 0 Å². The smallest absolute Gasteiger partial charge is 0.325 e. The lowest BCUT2D eigenvalue weighted by Crippen LogP contribution is -2.48. The molecule has 4 rings (SSSR count). The number of halogens is 1. The van der Waals surface area contributed by atoms with Crippen LogP contribution in [0.25, 0.3) is 0 Å². The molecular weight excluding hydrogens is 489 g/mol. The zero-order valence-corrected chi connectivity index (χ0v) is 20.9. The molecule has 1 fully saturated rings. The lowest BCUT2D eigenvalue weighted by Gasteiger charge is -2.28. The van der Waals surface area contributed by atoms with Gasteiger partial charge in [-0.05, 0) is 35.4 Å². The maximum atomic E-state index is 13.2. The molecule has 3 aromatic rings. The van der Waals surface area contributed by atoms with E-state index in [1.807, 2.05) is 29.2 Å². The molecule has 1 aromatic heterocycles. The Balaban J connectivity index is 1.52. The maximum Gasteiger partial charge on any atom is 0.325 e. The zero-order valence-electron chi connectivity index (χ0n) is 20.1. The van der Waals surface area contributed by atoms with E-state index in [1.54, 1.807) is 25.4 Å². The predicted octanol–water partition coefficient (Wildman–Crippen LogP) is 1.66. The van der Waals surface area contributed by atoms with Gasteiger partial charge in [0.1, 0.15) is 17.6 Å². The van der Waals surface area contributed by atoms with Gasteiger partial charge in [0.25, 0.3) is 0 Å². The second-order valence-electron chi connectivity index (χ2n) is 8.52. The van der Waals surface area contributed by atoms with E-state index in [1.165, 1.54) is 23.9 Å². The van der Waals surface area contributed by atoms with Gasteiger partial charge in [-0.1, -0.05) is 29.5 Å². The molecule has 0 spiro atoms. The monoisotopic (exact) mass is 517 g/mol. The molecule has 10 nitrogen and oxygen atoms in total.